The summed E-state index contributed by atoms with van der Waals surface area (Å²) in [5, 5.41) is 3.56. The molecular formula is C9H9ClFN3O. The van der Waals surface area contributed by atoms with E-state index in [2.05, 4.69) is 10.0 Å². The number of rotatable bonds is 5. The second-order valence-electron chi connectivity index (χ2n) is 2.71. The minimum Gasteiger partial charge on any atom is -0.489 e. The van der Waals surface area contributed by atoms with Crippen LogP contribution in [0.2, 0.25) is 5.02 Å². The van der Waals surface area contributed by atoms with E-state index in [4.69, 9.17) is 21.9 Å². The van der Waals surface area contributed by atoms with Gasteiger partial charge < -0.3 is 4.74 Å². The van der Waals surface area contributed by atoms with Crippen molar-refractivity contribution in [3.8, 4) is 5.75 Å². The Morgan fingerprint density at radius 1 is 1.53 bits per heavy atom. The molecule has 0 saturated heterocycles. The molecule has 0 aliphatic heterocycles. The fourth-order valence-corrected chi connectivity index (χ4v) is 1.19. The highest BCUT2D eigenvalue weighted by atomic mass is 35.5. The number of benzene rings is 1. The lowest BCUT2D eigenvalue weighted by atomic mass is 10.3. The summed E-state index contributed by atoms with van der Waals surface area (Å²) >= 11 is 5.72. The van der Waals surface area contributed by atoms with Crippen LogP contribution in [0.5, 0.6) is 5.75 Å². The topological polar surface area (TPSA) is 58.0 Å². The summed E-state index contributed by atoms with van der Waals surface area (Å²) in [7, 11) is 0. The molecule has 0 amide bonds. The molecular weight excluding hydrogens is 221 g/mol. The Morgan fingerprint density at radius 3 is 3.00 bits per heavy atom. The normalized spacial score (nSPS) is 9.47. The predicted molar refractivity (Wildman–Crippen MR) is 55.5 cm³/mol. The Balaban J connectivity index is 2.46. The van der Waals surface area contributed by atoms with Crippen molar-refractivity contribution in [1.82, 2.24) is 0 Å². The molecule has 0 N–H and O–H groups in total. The van der Waals surface area contributed by atoms with Crippen LogP contribution in [0.4, 0.5) is 4.39 Å². The Kier molecular flexibility index (Phi) is 4.74. The second kappa shape index (κ2) is 6.11. The summed E-state index contributed by atoms with van der Waals surface area (Å²) in [5.74, 6) is -0.452. The average molecular weight is 230 g/mol. The van der Waals surface area contributed by atoms with Gasteiger partial charge in [0.15, 0.2) is 11.6 Å². The minimum atomic E-state index is -0.494. The molecule has 0 aromatic heterocycles. The largest absolute Gasteiger partial charge is 0.489 e. The van der Waals surface area contributed by atoms with E-state index in [1.165, 1.54) is 12.1 Å². The van der Waals surface area contributed by atoms with E-state index in [-0.39, 0.29) is 17.4 Å². The van der Waals surface area contributed by atoms with Crippen molar-refractivity contribution in [1.29, 1.82) is 0 Å². The van der Waals surface area contributed by atoms with E-state index in [1.54, 1.807) is 6.07 Å². The van der Waals surface area contributed by atoms with Crippen molar-refractivity contribution in [3.63, 3.8) is 0 Å². The van der Waals surface area contributed by atoms with Crippen LogP contribution in [-0.2, 0) is 0 Å². The molecule has 0 heterocycles. The highest BCUT2D eigenvalue weighted by Crippen LogP contribution is 2.27. The zero-order valence-electron chi connectivity index (χ0n) is 7.86. The molecule has 0 radical (unpaired) electrons. The van der Waals surface area contributed by atoms with Gasteiger partial charge in [-0.2, -0.15) is 0 Å². The Morgan fingerprint density at radius 2 is 2.33 bits per heavy atom. The van der Waals surface area contributed by atoms with Gasteiger partial charge in [0.2, 0.25) is 0 Å². The van der Waals surface area contributed by atoms with Gasteiger partial charge in [0.1, 0.15) is 0 Å². The number of halogens is 2. The number of azide groups is 1. The zero-order valence-corrected chi connectivity index (χ0v) is 8.62. The minimum absolute atomic E-state index is 0.0418. The summed E-state index contributed by atoms with van der Waals surface area (Å²) in [6.07, 6.45) is 0.523. The first-order chi connectivity index (χ1) is 7.25. The van der Waals surface area contributed by atoms with Crippen LogP contribution in [0.15, 0.2) is 23.3 Å². The molecule has 0 aliphatic rings. The highest BCUT2D eigenvalue weighted by molar-refractivity contribution is 6.32. The fraction of sp³-hybridized carbons (Fsp3) is 0.333. The van der Waals surface area contributed by atoms with E-state index >= 15 is 0 Å². The Bertz CT molecular complexity index is 359. The lowest BCUT2D eigenvalue weighted by Gasteiger charge is -2.07. The quantitative estimate of drug-likeness (QED) is 0.330. The van der Waals surface area contributed by atoms with Crippen LogP contribution in [0, 0.1) is 5.82 Å². The third-order valence-corrected chi connectivity index (χ3v) is 1.93. The van der Waals surface area contributed by atoms with Crippen LogP contribution in [-0.4, -0.2) is 13.2 Å². The summed E-state index contributed by atoms with van der Waals surface area (Å²) in [4.78, 5) is 2.58. The summed E-state index contributed by atoms with van der Waals surface area (Å²) < 4.78 is 18.3. The van der Waals surface area contributed by atoms with E-state index in [1.807, 2.05) is 0 Å². The summed E-state index contributed by atoms with van der Waals surface area (Å²) in [6, 6.07) is 4.33. The first kappa shape index (κ1) is 11.6. The van der Waals surface area contributed by atoms with Gasteiger partial charge in [0, 0.05) is 11.5 Å². The molecule has 0 unspecified atom stereocenters. The maximum Gasteiger partial charge on any atom is 0.173 e. The molecule has 0 bridgehead atoms. The standard InChI is InChI=1S/C9H9ClFN3O/c10-7-3-1-4-8(11)9(7)15-6-2-5-13-14-12/h1,3-4H,2,5-6H2. The van der Waals surface area contributed by atoms with Crippen LogP contribution in [0.25, 0.3) is 10.4 Å². The molecule has 0 spiro atoms. The maximum atomic E-state index is 13.1. The second-order valence-corrected chi connectivity index (χ2v) is 3.11. The number of hydrogen-bond acceptors (Lipinski definition) is 2. The fourth-order valence-electron chi connectivity index (χ4n) is 0.975. The SMILES string of the molecule is [N-]=[N+]=NCCCOc1c(F)cccc1Cl. The molecule has 0 fully saturated rings. The van der Waals surface area contributed by atoms with Gasteiger partial charge in [-0.25, -0.2) is 4.39 Å². The van der Waals surface area contributed by atoms with E-state index in [0.29, 0.717) is 13.0 Å². The van der Waals surface area contributed by atoms with Crippen molar-refractivity contribution in [2.24, 2.45) is 5.11 Å². The lowest BCUT2D eigenvalue weighted by molar-refractivity contribution is 0.298. The molecule has 80 valence electrons. The molecule has 1 aromatic carbocycles. The molecule has 15 heavy (non-hydrogen) atoms. The van der Waals surface area contributed by atoms with Crippen LogP contribution in [0.1, 0.15) is 6.42 Å². The molecule has 0 aliphatic carbocycles. The van der Waals surface area contributed by atoms with E-state index < -0.39 is 5.82 Å². The van der Waals surface area contributed by atoms with Crippen molar-refractivity contribution in [2.45, 2.75) is 6.42 Å². The van der Waals surface area contributed by atoms with Gasteiger partial charge in [-0.3, -0.25) is 0 Å². The number of ether oxygens (including phenoxy) is 1. The van der Waals surface area contributed by atoms with Crippen LogP contribution in [0.3, 0.4) is 0 Å². The first-order valence-corrected chi connectivity index (χ1v) is 4.71. The number of para-hydroxylation sites is 1. The Hall–Kier alpha value is -1.45. The van der Waals surface area contributed by atoms with Gasteiger partial charge in [-0.1, -0.05) is 22.8 Å². The molecule has 1 rings (SSSR count). The third-order valence-electron chi connectivity index (χ3n) is 1.63. The molecule has 4 nitrogen and oxygen atoms in total. The maximum absolute atomic E-state index is 13.1. The highest BCUT2D eigenvalue weighted by Gasteiger charge is 2.06. The lowest BCUT2D eigenvalue weighted by Crippen LogP contribution is -2.01. The zero-order chi connectivity index (χ0) is 11.1. The van der Waals surface area contributed by atoms with Gasteiger partial charge in [-0.15, -0.1) is 0 Å². The van der Waals surface area contributed by atoms with Crippen LogP contribution >= 0.6 is 11.6 Å². The van der Waals surface area contributed by atoms with Gasteiger partial charge in [-0.05, 0) is 24.1 Å². The molecule has 1 aromatic rings. The van der Waals surface area contributed by atoms with Gasteiger partial charge in [0.05, 0.1) is 11.6 Å². The van der Waals surface area contributed by atoms with Crippen LogP contribution < -0.4 is 4.74 Å². The van der Waals surface area contributed by atoms with Gasteiger partial charge in [0.25, 0.3) is 0 Å². The number of nitrogens with zero attached hydrogens (tertiary/aromatic N) is 3. The first-order valence-electron chi connectivity index (χ1n) is 4.33. The summed E-state index contributed by atoms with van der Waals surface area (Å²) in [5.41, 5.74) is 8.01. The number of hydrogen-bond donors (Lipinski definition) is 0. The predicted octanol–water partition coefficient (Wildman–Crippen LogP) is 3.56. The monoisotopic (exact) mass is 229 g/mol. The van der Waals surface area contributed by atoms with Crippen molar-refractivity contribution in [3.05, 3.63) is 39.5 Å². The Labute approximate surface area is 91.2 Å². The van der Waals surface area contributed by atoms with E-state index in [9.17, 15) is 4.39 Å². The third kappa shape index (κ3) is 3.65. The smallest absolute Gasteiger partial charge is 0.173 e. The van der Waals surface area contributed by atoms with Crippen molar-refractivity contribution >= 4 is 11.6 Å². The van der Waals surface area contributed by atoms with Gasteiger partial charge >= 0.3 is 0 Å². The molecule has 0 atom stereocenters. The summed E-state index contributed by atoms with van der Waals surface area (Å²) in [6.45, 7) is 0.586. The van der Waals surface area contributed by atoms with Crippen molar-refractivity contribution < 1.29 is 9.13 Å². The van der Waals surface area contributed by atoms with Crippen molar-refractivity contribution in [2.75, 3.05) is 13.2 Å². The van der Waals surface area contributed by atoms with E-state index in [0.717, 1.165) is 0 Å². The average Bonchev–Trinajstić information content (AvgIpc) is 2.21. The molecule has 6 heteroatoms. The molecule has 0 saturated carbocycles.